The highest BCUT2D eigenvalue weighted by molar-refractivity contribution is 5.87. The van der Waals surface area contributed by atoms with Gasteiger partial charge in [0.2, 0.25) is 0 Å². The van der Waals surface area contributed by atoms with Crippen LogP contribution in [0.15, 0.2) is 98.5 Å². The van der Waals surface area contributed by atoms with E-state index in [0.29, 0.717) is 11.8 Å². The van der Waals surface area contributed by atoms with Gasteiger partial charge >= 0.3 is 0 Å². The summed E-state index contributed by atoms with van der Waals surface area (Å²) in [5.41, 5.74) is 13.1. The third-order valence-electron chi connectivity index (χ3n) is 20.6. The second-order valence-electron chi connectivity index (χ2n) is 29.4. The Labute approximate surface area is 593 Å². The number of hydrogen-bond acceptors (Lipinski definition) is 17. The lowest BCUT2D eigenvalue weighted by molar-refractivity contribution is 0.172. The third-order valence-corrected chi connectivity index (χ3v) is 20.6. The summed E-state index contributed by atoms with van der Waals surface area (Å²) < 4.78 is 36.1. The topological polar surface area (TPSA) is 182 Å². The standard InChI is InChI=1S/2C29H36N4O2.C21H31N3O2.2ClH/c2*1-32(2)19-26-28(34-20-22-7-8-22)12-10-25-27(31-35-29(25)26)11-9-21-13-15-33(16-14-21)18-24-6-4-3-5-23(24)17-30;1-24(2)13-18-20(25-14-16-3-4-16)8-6-17-19(23-26-21(17)18)7-5-15-9-11-22-12-10-15;;/h2*3-6,10,12,21-22H,7-9,11,13-16,18-20H2,1-2H3;6,8,15-16,22H,3-5,7,9-14H2,1-2H3;2*1H. The molecule has 0 atom stereocenters. The van der Waals surface area contributed by atoms with E-state index in [1.54, 1.807) is 0 Å². The number of aromatic nitrogens is 3. The summed E-state index contributed by atoms with van der Waals surface area (Å²) in [4.78, 5) is 11.4. The molecule has 1 N–H and O–H groups in total. The Morgan fingerprint density at radius 2 is 0.745 bits per heavy atom. The zero-order valence-electron chi connectivity index (χ0n) is 58.9. The number of ether oxygens (including phenoxy) is 3. The predicted octanol–water partition coefficient (Wildman–Crippen LogP) is 15.2. The number of nitrogens with one attached hydrogen (secondary N) is 1. The Bertz CT molecular complexity index is 3710. The van der Waals surface area contributed by atoms with Crippen LogP contribution in [0, 0.1) is 58.2 Å². The molecule has 3 aromatic heterocycles. The normalized spacial score (nSPS) is 17.3. The van der Waals surface area contributed by atoms with Crippen LogP contribution >= 0.6 is 24.8 Å². The van der Waals surface area contributed by atoms with Gasteiger partial charge in [0.25, 0.3) is 0 Å². The lowest BCUT2D eigenvalue weighted by Crippen LogP contribution is -2.33. The van der Waals surface area contributed by atoms with Crippen LogP contribution in [0.3, 0.4) is 0 Å². The summed E-state index contributed by atoms with van der Waals surface area (Å²) in [5.74, 6) is 7.22. The van der Waals surface area contributed by atoms with Crippen LogP contribution in [0.4, 0.5) is 0 Å². The van der Waals surface area contributed by atoms with Gasteiger partial charge in [0.1, 0.15) is 17.2 Å². The van der Waals surface area contributed by atoms with Crippen LogP contribution in [0.2, 0.25) is 0 Å². The van der Waals surface area contributed by atoms with Crippen molar-refractivity contribution in [2.75, 3.05) is 101 Å². The second kappa shape index (κ2) is 36.0. The number of benzene rings is 5. The molecule has 0 bridgehead atoms. The number of nitrogens with zero attached hydrogens (tertiary/aromatic N) is 10. The summed E-state index contributed by atoms with van der Waals surface area (Å²) >= 11 is 0. The number of aryl methyl sites for hydroxylation is 3. The molecule has 526 valence electrons. The number of likely N-dealkylation sites (tertiary alicyclic amines) is 2. The number of halogens is 2. The zero-order valence-corrected chi connectivity index (χ0v) is 60.5. The Morgan fingerprint density at radius 3 is 1.05 bits per heavy atom. The van der Waals surface area contributed by atoms with Crippen LogP contribution in [0.1, 0.15) is 152 Å². The number of fused-ring (bicyclic) bond motifs is 3. The second-order valence-corrected chi connectivity index (χ2v) is 29.4. The highest BCUT2D eigenvalue weighted by Crippen LogP contribution is 2.39. The minimum absolute atomic E-state index is 0. The lowest BCUT2D eigenvalue weighted by atomic mass is 9.90. The van der Waals surface area contributed by atoms with Gasteiger partial charge in [-0.1, -0.05) is 51.9 Å². The molecular formula is C79H105Cl2N11O6. The molecule has 3 saturated carbocycles. The summed E-state index contributed by atoms with van der Waals surface area (Å²) in [7, 11) is 12.5. The Balaban J connectivity index is 0.000000160. The molecule has 3 saturated heterocycles. The van der Waals surface area contributed by atoms with Crippen LogP contribution < -0.4 is 19.5 Å². The Morgan fingerprint density at radius 1 is 0.429 bits per heavy atom. The van der Waals surface area contributed by atoms with Gasteiger partial charge < -0.3 is 47.8 Å². The fraction of sp³-hybridized carbons (Fsp3) is 0.557. The van der Waals surface area contributed by atoms with Gasteiger partial charge in [-0.15, -0.1) is 24.8 Å². The molecule has 17 nitrogen and oxygen atoms in total. The van der Waals surface area contributed by atoms with Gasteiger partial charge in [0.15, 0.2) is 16.7 Å². The predicted molar refractivity (Wildman–Crippen MR) is 392 cm³/mol. The van der Waals surface area contributed by atoms with Gasteiger partial charge in [-0.2, -0.15) is 10.5 Å². The smallest absolute Gasteiger partial charge is 0.175 e. The monoisotopic (exact) mass is 1370 g/mol. The van der Waals surface area contributed by atoms with Crippen molar-refractivity contribution in [2.24, 2.45) is 35.5 Å². The Hall–Kier alpha value is -6.77. The quantitative estimate of drug-likeness (QED) is 0.0488. The van der Waals surface area contributed by atoms with E-state index in [9.17, 15) is 10.5 Å². The first-order valence-corrected chi connectivity index (χ1v) is 36.1. The molecule has 5 aromatic carbocycles. The number of hydrogen-bond donors (Lipinski definition) is 1. The molecule has 0 radical (unpaired) electrons. The number of nitriles is 2. The Kier molecular flexibility index (Phi) is 27.2. The van der Waals surface area contributed by atoms with Gasteiger partial charge in [-0.25, -0.2) is 0 Å². The first-order valence-electron chi connectivity index (χ1n) is 36.1. The average Bonchev–Trinajstić information content (AvgIpc) is 1.79. The van der Waals surface area contributed by atoms with Crippen molar-refractivity contribution in [3.05, 3.63) is 141 Å². The highest BCUT2D eigenvalue weighted by Gasteiger charge is 2.29. The highest BCUT2D eigenvalue weighted by atomic mass is 35.5. The van der Waals surface area contributed by atoms with Crippen molar-refractivity contribution in [1.82, 2.24) is 45.3 Å². The molecule has 19 heteroatoms. The van der Waals surface area contributed by atoms with E-state index in [0.717, 1.165) is 254 Å². The van der Waals surface area contributed by atoms with Crippen LogP contribution in [0.5, 0.6) is 17.2 Å². The fourth-order valence-corrected chi connectivity index (χ4v) is 14.2. The molecule has 6 aliphatic rings. The molecule has 98 heavy (non-hydrogen) atoms. The molecule has 0 unspecified atom stereocenters. The lowest BCUT2D eigenvalue weighted by Gasteiger charge is -2.32. The minimum Gasteiger partial charge on any atom is -0.493 e. The van der Waals surface area contributed by atoms with E-state index in [4.69, 9.17) is 27.8 Å². The van der Waals surface area contributed by atoms with E-state index in [2.05, 4.69) is 148 Å². The van der Waals surface area contributed by atoms with Crippen molar-refractivity contribution in [3.8, 4) is 29.4 Å². The van der Waals surface area contributed by atoms with Gasteiger partial charge in [0.05, 0.1) is 76.9 Å². The molecule has 6 fully saturated rings. The largest absolute Gasteiger partial charge is 0.493 e. The molecule has 3 aliphatic heterocycles. The number of piperidine rings is 3. The van der Waals surface area contributed by atoms with Crippen molar-refractivity contribution >= 4 is 57.7 Å². The molecule has 8 aromatic rings. The first-order chi connectivity index (χ1) is 46.9. The van der Waals surface area contributed by atoms with Crippen molar-refractivity contribution < 1.29 is 27.8 Å². The summed E-state index contributed by atoms with van der Waals surface area (Å²) in [6, 6.07) is 33.3. The molecule has 6 heterocycles. The summed E-state index contributed by atoms with van der Waals surface area (Å²) in [6.07, 6.45) is 21.4. The molecule has 0 amide bonds. The summed E-state index contributed by atoms with van der Waals surface area (Å²) in [6.45, 7) is 13.1. The molecule has 14 rings (SSSR count). The van der Waals surface area contributed by atoms with Crippen LogP contribution in [-0.4, -0.2) is 141 Å². The van der Waals surface area contributed by atoms with Crippen LogP contribution in [-0.2, 0) is 52.0 Å². The van der Waals surface area contributed by atoms with Gasteiger partial charge in [-0.05, 0) is 292 Å². The maximum Gasteiger partial charge on any atom is 0.175 e. The van der Waals surface area contributed by atoms with E-state index in [1.807, 2.05) is 36.4 Å². The van der Waals surface area contributed by atoms with E-state index >= 15 is 0 Å². The fourth-order valence-electron chi connectivity index (χ4n) is 14.2. The maximum absolute atomic E-state index is 9.36. The number of rotatable bonds is 28. The van der Waals surface area contributed by atoms with E-state index < -0.39 is 0 Å². The van der Waals surface area contributed by atoms with Crippen molar-refractivity contribution in [1.29, 1.82) is 10.5 Å². The first kappa shape index (κ1) is 73.9. The van der Waals surface area contributed by atoms with E-state index in [-0.39, 0.29) is 24.8 Å². The van der Waals surface area contributed by atoms with Crippen LogP contribution in [0.25, 0.3) is 32.9 Å². The average molecular weight is 1380 g/mol. The maximum atomic E-state index is 9.36. The van der Waals surface area contributed by atoms with E-state index in [1.165, 1.54) is 83.5 Å². The molecule has 3 aliphatic carbocycles. The van der Waals surface area contributed by atoms with Gasteiger partial charge in [-0.3, -0.25) is 9.80 Å². The van der Waals surface area contributed by atoms with Crippen molar-refractivity contribution in [2.45, 2.75) is 148 Å². The molecular weight excluding hydrogens is 1270 g/mol. The molecule has 0 spiro atoms. The van der Waals surface area contributed by atoms with Crippen molar-refractivity contribution in [3.63, 3.8) is 0 Å². The summed E-state index contributed by atoms with van der Waals surface area (Å²) in [5, 5.41) is 39.0. The van der Waals surface area contributed by atoms with Gasteiger partial charge in [0, 0.05) is 48.9 Å². The SMILES string of the molecule is CN(C)Cc1c(OCC2CC2)ccc2c(CCC3CCN(Cc4ccccc4C#N)CC3)noc12.CN(C)Cc1c(OCC2CC2)ccc2c(CCC3CCN(Cc4ccccc4C#N)CC3)noc12.CN(C)Cc1c(OCC2CC2)ccc2c(CCC3CCNCC3)noc12.Cl.Cl. The minimum atomic E-state index is 0. The third kappa shape index (κ3) is 20.5. The zero-order chi connectivity index (χ0) is 66.3.